The minimum atomic E-state index is -3.22. The minimum Gasteiger partial charge on any atom is -0.489 e. The van der Waals surface area contributed by atoms with E-state index < -0.39 is 9.84 Å². The summed E-state index contributed by atoms with van der Waals surface area (Å²) in [5.41, 5.74) is 2.07. The zero-order chi connectivity index (χ0) is 21.2. The van der Waals surface area contributed by atoms with Crippen molar-refractivity contribution in [2.75, 3.05) is 12.3 Å². The second kappa shape index (κ2) is 10.6. The van der Waals surface area contributed by atoms with Crippen LogP contribution in [0.4, 0.5) is 0 Å². The van der Waals surface area contributed by atoms with Crippen LogP contribution in [-0.2, 0) is 22.2 Å². The number of rotatable bonds is 10. The van der Waals surface area contributed by atoms with Crippen LogP contribution in [0.15, 0.2) is 84.9 Å². The van der Waals surface area contributed by atoms with Crippen LogP contribution >= 0.6 is 0 Å². The summed E-state index contributed by atoms with van der Waals surface area (Å²) in [4.78, 5) is 12.6. The first-order valence-corrected chi connectivity index (χ1v) is 11.6. The third-order valence-corrected chi connectivity index (χ3v) is 6.23. The number of para-hydroxylation sites is 1. The quantitative estimate of drug-likeness (QED) is 0.500. The minimum absolute atomic E-state index is 0.0153. The maximum absolute atomic E-state index is 12.6. The van der Waals surface area contributed by atoms with Gasteiger partial charge in [-0.15, -0.1) is 0 Å². The molecule has 0 unspecified atom stereocenters. The summed E-state index contributed by atoms with van der Waals surface area (Å²) >= 11 is 0. The van der Waals surface area contributed by atoms with E-state index >= 15 is 0 Å². The molecule has 1 amide bonds. The number of nitrogens with one attached hydrogen (secondary N) is 1. The van der Waals surface area contributed by atoms with Crippen LogP contribution in [0.3, 0.4) is 0 Å². The molecule has 3 aromatic rings. The molecule has 0 aliphatic heterocycles. The van der Waals surface area contributed by atoms with Crippen molar-refractivity contribution in [3.8, 4) is 5.75 Å². The lowest BCUT2D eigenvalue weighted by molar-refractivity contribution is 0.0951. The molecule has 0 saturated carbocycles. The third kappa shape index (κ3) is 6.74. The first kappa shape index (κ1) is 21.6. The van der Waals surface area contributed by atoms with Crippen LogP contribution < -0.4 is 10.1 Å². The molecule has 0 saturated heterocycles. The first-order valence-electron chi connectivity index (χ1n) is 9.82. The summed E-state index contributed by atoms with van der Waals surface area (Å²) in [5, 5.41) is 2.82. The summed E-state index contributed by atoms with van der Waals surface area (Å²) in [6.07, 6.45) is 0.365. The molecule has 0 heterocycles. The van der Waals surface area contributed by atoms with E-state index in [1.807, 2.05) is 60.7 Å². The Balaban J connectivity index is 1.49. The van der Waals surface area contributed by atoms with Gasteiger partial charge in [0.1, 0.15) is 12.4 Å². The molecular formula is C24H25NO4S. The van der Waals surface area contributed by atoms with Crippen LogP contribution in [0, 0.1) is 0 Å². The maximum Gasteiger partial charge on any atom is 0.251 e. The summed E-state index contributed by atoms with van der Waals surface area (Å²) in [6.45, 7) is 0.569. The van der Waals surface area contributed by atoms with Gasteiger partial charge in [0.2, 0.25) is 0 Å². The molecular weight excluding hydrogens is 398 g/mol. The zero-order valence-electron chi connectivity index (χ0n) is 16.7. The smallest absolute Gasteiger partial charge is 0.251 e. The van der Waals surface area contributed by atoms with Gasteiger partial charge >= 0.3 is 0 Å². The Morgan fingerprint density at radius 3 is 2.20 bits per heavy atom. The molecule has 0 aromatic heterocycles. The van der Waals surface area contributed by atoms with Crippen LogP contribution in [0.1, 0.15) is 27.9 Å². The number of hydrogen-bond donors (Lipinski definition) is 1. The van der Waals surface area contributed by atoms with Crippen molar-refractivity contribution in [1.29, 1.82) is 0 Å². The molecule has 6 heteroatoms. The average molecular weight is 424 g/mol. The lowest BCUT2D eigenvalue weighted by Crippen LogP contribution is -2.27. The SMILES string of the molecule is O=C(NCCCS(=O)(=O)Cc1ccccc1)c1ccccc1COc1ccccc1. The van der Waals surface area contributed by atoms with Gasteiger partial charge in [0.25, 0.3) is 5.91 Å². The molecule has 1 N–H and O–H groups in total. The Bertz CT molecular complexity index is 1050. The van der Waals surface area contributed by atoms with Crippen molar-refractivity contribution in [3.63, 3.8) is 0 Å². The molecule has 30 heavy (non-hydrogen) atoms. The summed E-state index contributed by atoms with van der Waals surface area (Å²) in [5.74, 6) is 0.543. The Hall–Kier alpha value is -3.12. The molecule has 3 rings (SSSR count). The van der Waals surface area contributed by atoms with Crippen LogP contribution in [0.2, 0.25) is 0 Å². The predicted molar refractivity (Wildman–Crippen MR) is 118 cm³/mol. The van der Waals surface area contributed by atoms with E-state index in [9.17, 15) is 13.2 Å². The van der Waals surface area contributed by atoms with Gasteiger partial charge in [0.05, 0.1) is 11.5 Å². The molecule has 0 aliphatic rings. The summed E-state index contributed by atoms with van der Waals surface area (Å²) in [6, 6.07) is 25.8. The number of amides is 1. The van der Waals surface area contributed by atoms with Crippen LogP contribution in [-0.4, -0.2) is 26.6 Å². The van der Waals surface area contributed by atoms with Crippen LogP contribution in [0.25, 0.3) is 0 Å². The molecule has 156 valence electrons. The van der Waals surface area contributed by atoms with E-state index in [1.54, 1.807) is 24.3 Å². The molecule has 0 radical (unpaired) electrons. The van der Waals surface area contributed by atoms with Crippen molar-refractivity contribution in [2.24, 2.45) is 0 Å². The van der Waals surface area contributed by atoms with E-state index in [0.717, 1.165) is 16.9 Å². The fraction of sp³-hybridized carbons (Fsp3) is 0.208. The Labute approximate surface area is 177 Å². The number of sulfone groups is 1. The van der Waals surface area contributed by atoms with E-state index in [-0.39, 0.29) is 24.0 Å². The highest BCUT2D eigenvalue weighted by molar-refractivity contribution is 7.90. The van der Waals surface area contributed by atoms with Gasteiger partial charge in [0.15, 0.2) is 9.84 Å². The van der Waals surface area contributed by atoms with Crippen molar-refractivity contribution in [2.45, 2.75) is 18.8 Å². The summed E-state index contributed by atoms with van der Waals surface area (Å²) < 4.78 is 30.3. The average Bonchev–Trinajstić information content (AvgIpc) is 2.76. The van der Waals surface area contributed by atoms with E-state index in [0.29, 0.717) is 18.5 Å². The topological polar surface area (TPSA) is 72.5 Å². The lowest BCUT2D eigenvalue weighted by atomic mass is 10.1. The number of carbonyl (C=O) groups excluding carboxylic acids is 1. The lowest BCUT2D eigenvalue weighted by Gasteiger charge is -2.11. The fourth-order valence-corrected chi connectivity index (χ4v) is 4.46. The van der Waals surface area contributed by atoms with Gasteiger partial charge in [-0.1, -0.05) is 66.7 Å². The Morgan fingerprint density at radius 2 is 1.47 bits per heavy atom. The maximum atomic E-state index is 12.6. The number of benzene rings is 3. The monoisotopic (exact) mass is 423 g/mol. The van der Waals surface area contributed by atoms with Crippen molar-refractivity contribution < 1.29 is 17.9 Å². The van der Waals surface area contributed by atoms with Gasteiger partial charge in [0, 0.05) is 17.7 Å². The van der Waals surface area contributed by atoms with Crippen molar-refractivity contribution >= 4 is 15.7 Å². The Morgan fingerprint density at radius 1 is 0.833 bits per heavy atom. The molecule has 0 spiro atoms. The normalized spacial score (nSPS) is 11.1. The second-order valence-electron chi connectivity index (χ2n) is 6.95. The zero-order valence-corrected chi connectivity index (χ0v) is 17.5. The molecule has 0 atom stereocenters. The van der Waals surface area contributed by atoms with Gasteiger partial charge < -0.3 is 10.1 Å². The summed E-state index contributed by atoms with van der Waals surface area (Å²) in [7, 11) is -3.22. The van der Waals surface area contributed by atoms with E-state index in [4.69, 9.17) is 4.74 Å². The molecule has 5 nitrogen and oxygen atoms in total. The molecule has 0 bridgehead atoms. The van der Waals surface area contributed by atoms with Crippen molar-refractivity contribution in [1.82, 2.24) is 5.32 Å². The second-order valence-corrected chi connectivity index (χ2v) is 9.13. The number of carbonyl (C=O) groups is 1. The third-order valence-electron chi connectivity index (χ3n) is 4.55. The Kier molecular flexibility index (Phi) is 7.63. The van der Waals surface area contributed by atoms with Gasteiger partial charge in [-0.2, -0.15) is 0 Å². The highest BCUT2D eigenvalue weighted by atomic mass is 32.2. The van der Waals surface area contributed by atoms with Gasteiger partial charge in [-0.25, -0.2) is 8.42 Å². The van der Waals surface area contributed by atoms with Gasteiger partial charge in [-0.3, -0.25) is 4.79 Å². The largest absolute Gasteiger partial charge is 0.489 e. The highest BCUT2D eigenvalue weighted by Gasteiger charge is 2.14. The van der Waals surface area contributed by atoms with E-state index in [2.05, 4.69) is 5.32 Å². The van der Waals surface area contributed by atoms with Gasteiger partial charge in [-0.05, 0) is 30.2 Å². The number of hydrogen-bond acceptors (Lipinski definition) is 4. The fourth-order valence-electron chi connectivity index (χ4n) is 3.04. The predicted octanol–water partition coefficient (Wildman–Crippen LogP) is 4.00. The molecule has 0 aliphatic carbocycles. The highest BCUT2D eigenvalue weighted by Crippen LogP contribution is 2.15. The standard InChI is InChI=1S/C24H25NO4S/c26-24(25-16-9-17-30(27,28)19-20-10-3-1-4-11-20)23-15-8-7-12-21(23)18-29-22-13-5-2-6-14-22/h1-8,10-15H,9,16-19H2,(H,25,26). The van der Waals surface area contributed by atoms with Crippen LogP contribution in [0.5, 0.6) is 5.75 Å². The molecule has 3 aromatic carbocycles. The number of ether oxygens (including phenoxy) is 1. The van der Waals surface area contributed by atoms with Crippen molar-refractivity contribution in [3.05, 3.63) is 102 Å². The molecule has 0 fully saturated rings. The first-order chi connectivity index (χ1) is 14.5. The van der Waals surface area contributed by atoms with E-state index in [1.165, 1.54) is 0 Å².